The molecule has 92 valence electrons. The Kier molecular flexibility index (Phi) is 3.28. The molecule has 0 bridgehead atoms. The summed E-state index contributed by atoms with van der Waals surface area (Å²) in [5.41, 5.74) is 4.37. The Morgan fingerprint density at radius 3 is 2.47 bits per heavy atom. The lowest BCUT2D eigenvalue weighted by molar-refractivity contribution is 0.724. The van der Waals surface area contributed by atoms with Gasteiger partial charge in [-0.1, -0.05) is 6.92 Å². The van der Waals surface area contributed by atoms with Crippen LogP contribution in [0.5, 0.6) is 0 Å². The lowest BCUT2D eigenvalue weighted by Gasteiger charge is -2.01. The van der Waals surface area contributed by atoms with Crippen molar-refractivity contribution >= 4 is 0 Å². The third kappa shape index (κ3) is 2.39. The van der Waals surface area contributed by atoms with Gasteiger partial charge in [0.2, 0.25) is 0 Å². The van der Waals surface area contributed by atoms with E-state index in [4.69, 9.17) is 0 Å². The Hall–Kier alpha value is -1.62. The summed E-state index contributed by atoms with van der Waals surface area (Å²) in [6.45, 7) is 5.92. The predicted octanol–water partition coefficient (Wildman–Crippen LogP) is 1.24. The first-order chi connectivity index (χ1) is 8.11. The molecule has 0 aliphatic rings. The van der Waals surface area contributed by atoms with E-state index in [2.05, 4.69) is 28.6 Å². The molecular weight excluding hydrogens is 214 g/mol. The molecule has 2 aromatic rings. The first-order valence-corrected chi connectivity index (χ1v) is 5.85. The van der Waals surface area contributed by atoms with Crippen molar-refractivity contribution in [2.75, 3.05) is 6.54 Å². The molecule has 0 spiro atoms. The predicted molar refractivity (Wildman–Crippen MR) is 67.5 cm³/mol. The van der Waals surface area contributed by atoms with E-state index in [1.54, 1.807) is 0 Å². The number of nitrogens with zero attached hydrogens (tertiary/aromatic N) is 4. The molecule has 0 saturated heterocycles. The zero-order chi connectivity index (χ0) is 12.4. The van der Waals surface area contributed by atoms with Gasteiger partial charge in [0.25, 0.3) is 0 Å². The minimum atomic E-state index is 0.841. The molecule has 0 aromatic carbocycles. The van der Waals surface area contributed by atoms with Crippen molar-refractivity contribution in [3.05, 3.63) is 23.7 Å². The number of aryl methyl sites for hydroxylation is 3. The van der Waals surface area contributed by atoms with Crippen LogP contribution in [0.2, 0.25) is 0 Å². The van der Waals surface area contributed by atoms with E-state index in [0.29, 0.717) is 0 Å². The van der Waals surface area contributed by atoms with E-state index in [0.717, 1.165) is 30.0 Å². The van der Waals surface area contributed by atoms with Gasteiger partial charge in [0.15, 0.2) is 0 Å². The van der Waals surface area contributed by atoms with Crippen LogP contribution in [0.3, 0.4) is 0 Å². The molecule has 2 rings (SSSR count). The molecule has 1 N–H and O–H groups in total. The second-order valence-corrected chi connectivity index (χ2v) is 4.26. The molecule has 5 heteroatoms. The Morgan fingerprint density at radius 1 is 1.18 bits per heavy atom. The molecule has 2 heterocycles. The summed E-state index contributed by atoms with van der Waals surface area (Å²) in [5, 5.41) is 12.2. The topological polar surface area (TPSA) is 47.7 Å². The fourth-order valence-corrected chi connectivity index (χ4v) is 1.99. The minimum Gasteiger partial charge on any atom is -0.313 e. The lowest BCUT2D eigenvalue weighted by atomic mass is 10.1. The highest BCUT2D eigenvalue weighted by Crippen LogP contribution is 2.24. The molecular formula is C12H19N5. The summed E-state index contributed by atoms with van der Waals surface area (Å²) in [6.07, 6.45) is 4.08. The van der Waals surface area contributed by atoms with Gasteiger partial charge in [-0.25, -0.2) is 0 Å². The first kappa shape index (κ1) is 11.9. The van der Waals surface area contributed by atoms with Crippen LogP contribution in [-0.4, -0.2) is 26.1 Å². The van der Waals surface area contributed by atoms with E-state index >= 15 is 0 Å². The highest BCUT2D eigenvalue weighted by Gasteiger charge is 2.14. The summed E-state index contributed by atoms with van der Waals surface area (Å²) < 4.78 is 3.69. The number of aromatic nitrogens is 4. The van der Waals surface area contributed by atoms with Gasteiger partial charge >= 0.3 is 0 Å². The Morgan fingerprint density at radius 2 is 1.88 bits per heavy atom. The molecule has 0 unspecified atom stereocenters. The monoisotopic (exact) mass is 233 g/mol. The molecule has 0 saturated carbocycles. The summed E-state index contributed by atoms with van der Waals surface area (Å²) in [5.74, 6) is 0. The molecule has 2 aromatic heterocycles. The Labute approximate surface area is 101 Å². The number of hydrogen-bond donors (Lipinski definition) is 1. The van der Waals surface area contributed by atoms with Crippen LogP contribution in [0, 0.1) is 6.92 Å². The van der Waals surface area contributed by atoms with Gasteiger partial charge in [-0.3, -0.25) is 9.36 Å². The summed E-state index contributed by atoms with van der Waals surface area (Å²) in [6, 6.07) is 0. The van der Waals surface area contributed by atoms with Crippen LogP contribution in [-0.2, 0) is 20.6 Å². The van der Waals surface area contributed by atoms with Gasteiger partial charge < -0.3 is 5.32 Å². The van der Waals surface area contributed by atoms with E-state index in [1.165, 1.54) is 5.56 Å². The van der Waals surface area contributed by atoms with Gasteiger partial charge in [0, 0.05) is 44.2 Å². The molecule has 17 heavy (non-hydrogen) atoms. The van der Waals surface area contributed by atoms with Crippen LogP contribution < -0.4 is 5.32 Å². The van der Waals surface area contributed by atoms with Crippen molar-refractivity contribution in [1.29, 1.82) is 0 Å². The molecule has 0 amide bonds. The fraction of sp³-hybridized carbons (Fsp3) is 0.500. The maximum Gasteiger partial charge on any atom is 0.100 e. The average Bonchev–Trinajstić information content (AvgIpc) is 2.78. The van der Waals surface area contributed by atoms with E-state index in [9.17, 15) is 0 Å². The van der Waals surface area contributed by atoms with E-state index in [1.807, 2.05) is 36.6 Å². The largest absolute Gasteiger partial charge is 0.313 e. The maximum atomic E-state index is 4.53. The highest BCUT2D eigenvalue weighted by atomic mass is 15.3. The van der Waals surface area contributed by atoms with Gasteiger partial charge in [-0.2, -0.15) is 10.2 Å². The quantitative estimate of drug-likeness (QED) is 0.864. The van der Waals surface area contributed by atoms with Crippen LogP contribution in [0.4, 0.5) is 0 Å². The maximum absolute atomic E-state index is 4.53. The number of hydrogen-bond acceptors (Lipinski definition) is 3. The lowest BCUT2D eigenvalue weighted by Crippen LogP contribution is -2.11. The van der Waals surface area contributed by atoms with Crippen molar-refractivity contribution in [3.63, 3.8) is 0 Å². The SMILES string of the molecule is CCNCc1cn(C)nc1-c1cn(C)nc1C. The summed E-state index contributed by atoms with van der Waals surface area (Å²) in [4.78, 5) is 0. The third-order valence-electron chi connectivity index (χ3n) is 2.74. The van der Waals surface area contributed by atoms with Gasteiger partial charge in [-0.05, 0) is 13.5 Å². The smallest absolute Gasteiger partial charge is 0.100 e. The van der Waals surface area contributed by atoms with Crippen molar-refractivity contribution in [2.24, 2.45) is 14.1 Å². The first-order valence-electron chi connectivity index (χ1n) is 5.85. The second-order valence-electron chi connectivity index (χ2n) is 4.26. The standard InChI is InChI=1S/C12H19N5/c1-5-13-6-10-7-16(3)15-12(10)11-8-17(4)14-9(11)2/h7-8,13H,5-6H2,1-4H3. The molecule has 0 atom stereocenters. The van der Waals surface area contributed by atoms with Crippen molar-refractivity contribution in [3.8, 4) is 11.3 Å². The van der Waals surface area contributed by atoms with Crippen LogP contribution in [0.25, 0.3) is 11.3 Å². The Balaban J connectivity index is 2.40. The second kappa shape index (κ2) is 4.71. The van der Waals surface area contributed by atoms with Crippen LogP contribution >= 0.6 is 0 Å². The normalized spacial score (nSPS) is 11.1. The molecule has 0 fully saturated rings. The zero-order valence-corrected chi connectivity index (χ0v) is 10.9. The van der Waals surface area contributed by atoms with Gasteiger partial charge in [0.05, 0.1) is 5.69 Å². The Bertz CT molecular complexity index is 509. The van der Waals surface area contributed by atoms with Gasteiger partial charge in [0.1, 0.15) is 5.69 Å². The van der Waals surface area contributed by atoms with Crippen LogP contribution in [0.1, 0.15) is 18.2 Å². The van der Waals surface area contributed by atoms with E-state index < -0.39 is 0 Å². The molecule has 5 nitrogen and oxygen atoms in total. The average molecular weight is 233 g/mol. The summed E-state index contributed by atoms with van der Waals surface area (Å²) >= 11 is 0. The van der Waals surface area contributed by atoms with Crippen molar-refractivity contribution in [2.45, 2.75) is 20.4 Å². The molecule has 0 aliphatic carbocycles. The zero-order valence-electron chi connectivity index (χ0n) is 10.9. The summed E-state index contributed by atoms with van der Waals surface area (Å²) in [7, 11) is 3.88. The number of nitrogens with one attached hydrogen (secondary N) is 1. The minimum absolute atomic E-state index is 0.841. The van der Waals surface area contributed by atoms with Gasteiger partial charge in [-0.15, -0.1) is 0 Å². The molecule has 0 radical (unpaired) electrons. The number of rotatable bonds is 4. The van der Waals surface area contributed by atoms with Crippen LogP contribution in [0.15, 0.2) is 12.4 Å². The molecule has 0 aliphatic heterocycles. The fourth-order valence-electron chi connectivity index (χ4n) is 1.99. The van der Waals surface area contributed by atoms with Crippen molar-refractivity contribution in [1.82, 2.24) is 24.9 Å². The third-order valence-corrected chi connectivity index (χ3v) is 2.74. The van der Waals surface area contributed by atoms with E-state index in [-0.39, 0.29) is 0 Å². The van der Waals surface area contributed by atoms with Crippen molar-refractivity contribution < 1.29 is 0 Å². The highest BCUT2D eigenvalue weighted by molar-refractivity contribution is 5.64.